The number of thiophene rings is 1. The molecule has 2 aliphatic heterocycles. The Balaban J connectivity index is 1.62. The standard InChI is InChI=1S/C24H21N5O2S/c1-24(20-9-18(13-32-20)17-7-14(10-25)11-27-12-17)21(22(30)29(2)23(26)28-24)16-3-4-19-15(8-16)5-6-31-19/h3-4,7-9,11-13,21H,5-6H2,1-2H3,(H2,26,28)/t21-,24?/m1/s1. The minimum atomic E-state index is -0.870. The van der Waals surface area contributed by atoms with Crippen LogP contribution in [-0.2, 0) is 16.8 Å². The first kappa shape index (κ1) is 20.2. The van der Waals surface area contributed by atoms with E-state index in [1.165, 1.54) is 22.4 Å². The van der Waals surface area contributed by atoms with Gasteiger partial charge in [0.05, 0.1) is 18.1 Å². The Morgan fingerprint density at radius 3 is 2.94 bits per heavy atom. The van der Waals surface area contributed by atoms with E-state index in [1.807, 2.05) is 30.5 Å². The Bertz CT molecular complexity index is 1310. The number of hydrogen-bond donors (Lipinski definition) is 1. The normalized spacial score (nSPS) is 22.2. The fraction of sp³-hybridized carbons (Fsp3) is 0.250. The van der Waals surface area contributed by atoms with Gasteiger partial charge >= 0.3 is 0 Å². The number of likely N-dealkylation sites (N-methyl/N-ethyl adjacent to an activating group) is 1. The highest BCUT2D eigenvalue weighted by molar-refractivity contribution is 7.10. The van der Waals surface area contributed by atoms with E-state index in [1.54, 1.807) is 19.3 Å². The number of hydrogen-bond acceptors (Lipinski definition) is 7. The van der Waals surface area contributed by atoms with Gasteiger partial charge in [-0.1, -0.05) is 12.1 Å². The molecule has 1 unspecified atom stereocenters. The van der Waals surface area contributed by atoms with Crippen molar-refractivity contribution < 1.29 is 9.53 Å². The molecule has 0 bridgehead atoms. The molecule has 1 amide bonds. The quantitative estimate of drug-likeness (QED) is 0.668. The Hall–Kier alpha value is -3.70. The molecule has 2 aromatic heterocycles. The van der Waals surface area contributed by atoms with Crippen LogP contribution in [0.2, 0.25) is 0 Å². The van der Waals surface area contributed by atoms with E-state index in [4.69, 9.17) is 15.5 Å². The number of aliphatic imine (C=N–C) groups is 1. The lowest BCUT2D eigenvalue weighted by atomic mass is 9.77. The van der Waals surface area contributed by atoms with Crippen molar-refractivity contribution in [1.29, 1.82) is 5.26 Å². The maximum absolute atomic E-state index is 13.5. The fourth-order valence-corrected chi connectivity index (χ4v) is 5.44. The van der Waals surface area contributed by atoms with Gasteiger partial charge in [0.25, 0.3) is 0 Å². The van der Waals surface area contributed by atoms with Crippen LogP contribution in [0.3, 0.4) is 0 Å². The number of rotatable bonds is 3. The molecule has 7 nitrogen and oxygen atoms in total. The second kappa shape index (κ2) is 7.46. The van der Waals surface area contributed by atoms with Gasteiger partial charge < -0.3 is 10.5 Å². The molecule has 5 rings (SSSR count). The van der Waals surface area contributed by atoms with Gasteiger partial charge in [-0.05, 0) is 47.2 Å². The van der Waals surface area contributed by atoms with Gasteiger partial charge in [0.15, 0.2) is 5.96 Å². The summed E-state index contributed by atoms with van der Waals surface area (Å²) < 4.78 is 5.64. The molecular weight excluding hydrogens is 422 g/mol. The molecule has 2 N–H and O–H groups in total. The third kappa shape index (κ3) is 3.13. The average molecular weight is 444 g/mol. The van der Waals surface area contributed by atoms with E-state index in [9.17, 15) is 10.1 Å². The molecule has 1 aromatic carbocycles. The number of carbonyl (C=O) groups is 1. The van der Waals surface area contributed by atoms with E-state index in [0.717, 1.165) is 39.3 Å². The highest BCUT2D eigenvalue weighted by Crippen LogP contribution is 2.47. The van der Waals surface area contributed by atoms with Gasteiger partial charge in [-0.15, -0.1) is 11.3 Å². The molecular formula is C24H21N5O2S. The number of fused-ring (bicyclic) bond motifs is 1. The van der Waals surface area contributed by atoms with Crippen molar-refractivity contribution in [3.05, 3.63) is 69.7 Å². The summed E-state index contributed by atoms with van der Waals surface area (Å²) >= 11 is 1.52. The number of nitrogens with zero attached hydrogens (tertiary/aromatic N) is 4. The molecule has 4 heterocycles. The predicted molar refractivity (Wildman–Crippen MR) is 122 cm³/mol. The summed E-state index contributed by atoms with van der Waals surface area (Å²) in [5.74, 6) is 0.447. The molecule has 0 saturated heterocycles. The number of nitriles is 1. The van der Waals surface area contributed by atoms with E-state index in [-0.39, 0.29) is 11.9 Å². The smallest absolute Gasteiger partial charge is 0.239 e. The van der Waals surface area contributed by atoms with Crippen molar-refractivity contribution in [2.75, 3.05) is 13.7 Å². The van der Waals surface area contributed by atoms with Crippen LogP contribution < -0.4 is 10.5 Å². The SMILES string of the molecule is CN1C(=O)[C@@H](c2ccc3c(c2)CCO3)C(C)(c2cc(-c3cncc(C#N)c3)cs2)N=C1N. The fourth-order valence-electron chi connectivity index (χ4n) is 4.39. The van der Waals surface area contributed by atoms with Crippen molar-refractivity contribution in [3.8, 4) is 22.9 Å². The summed E-state index contributed by atoms with van der Waals surface area (Å²) in [6.45, 7) is 2.61. The first-order valence-corrected chi connectivity index (χ1v) is 11.1. The lowest BCUT2D eigenvalue weighted by Crippen LogP contribution is -2.52. The molecule has 0 saturated carbocycles. The number of aromatic nitrogens is 1. The summed E-state index contributed by atoms with van der Waals surface area (Å²) in [6.07, 6.45) is 4.09. The molecule has 3 aromatic rings. The number of nitrogens with two attached hydrogens (primary N) is 1. The summed E-state index contributed by atoms with van der Waals surface area (Å²) in [5, 5.41) is 11.2. The van der Waals surface area contributed by atoms with Gasteiger partial charge in [0, 0.05) is 36.3 Å². The molecule has 0 radical (unpaired) electrons. The first-order valence-electron chi connectivity index (χ1n) is 10.2. The average Bonchev–Trinajstić information content (AvgIpc) is 3.47. The number of benzene rings is 1. The molecule has 0 aliphatic carbocycles. The molecule has 0 fully saturated rings. The molecule has 160 valence electrons. The summed E-state index contributed by atoms with van der Waals surface area (Å²) in [7, 11) is 1.66. The minimum Gasteiger partial charge on any atom is -0.493 e. The first-order chi connectivity index (χ1) is 15.4. The van der Waals surface area contributed by atoms with Crippen LogP contribution in [0.15, 0.2) is 53.1 Å². The maximum atomic E-state index is 13.5. The van der Waals surface area contributed by atoms with Crippen molar-refractivity contribution >= 4 is 23.2 Å². The van der Waals surface area contributed by atoms with Crippen LogP contribution in [0, 0.1) is 11.3 Å². The van der Waals surface area contributed by atoms with Crippen LogP contribution >= 0.6 is 11.3 Å². The highest BCUT2D eigenvalue weighted by Gasteiger charge is 2.48. The van der Waals surface area contributed by atoms with Crippen LogP contribution in [0.1, 0.15) is 34.4 Å². The Morgan fingerprint density at radius 2 is 2.12 bits per heavy atom. The molecule has 2 atom stereocenters. The van der Waals surface area contributed by atoms with E-state index >= 15 is 0 Å². The number of carbonyl (C=O) groups excluding carboxylic acids is 1. The van der Waals surface area contributed by atoms with E-state index in [0.29, 0.717) is 12.2 Å². The van der Waals surface area contributed by atoms with Crippen LogP contribution in [0.25, 0.3) is 11.1 Å². The largest absolute Gasteiger partial charge is 0.493 e. The minimum absolute atomic E-state index is 0.0954. The number of ether oxygens (including phenoxy) is 1. The Labute approximate surface area is 189 Å². The van der Waals surface area contributed by atoms with Crippen molar-refractivity contribution in [3.63, 3.8) is 0 Å². The Morgan fingerprint density at radius 1 is 1.28 bits per heavy atom. The third-order valence-corrected chi connectivity index (χ3v) is 7.33. The van der Waals surface area contributed by atoms with E-state index < -0.39 is 11.5 Å². The predicted octanol–water partition coefficient (Wildman–Crippen LogP) is 3.40. The summed E-state index contributed by atoms with van der Waals surface area (Å²) in [6, 6.07) is 11.9. The summed E-state index contributed by atoms with van der Waals surface area (Å²) in [4.78, 5) is 24.8. The van der Waals surface area contributed by atoms with Crippen molar-refractivity contribution in [2.45, 2.75) is 24.8 Å². The third-order valence-electron chi connectivity index (χ3n) is 6.18. The van der Waals surface area contributed by atoms with Crippen molar-refractivity contribution in [2.24, 2.45) is 10.7 Å². The summed E-state index contributed by atoms with van der Waals surface area (Å²) in [5.41, 5.74) is 9.56. The second-order valence-corrected chi connectivity index (χ2v) is 9.10. The Kier molecular flexibility index (Phi) is 4.72. The topological polar surface area (TPSA) is 105 Å². The monoisotopic (exact) mass is 443 g/mol. The zero-order valence-corrected chi connectivity index (χ0v) is 18.5. The molecule has 0 spiro atoms. The zero-order chi connectivity index (χ0) is 22.5. The van der Waals surface area contributed by atoms with Crippen LogP contribution in [0.5, 0.6) is 5.75 Å². The van der Waals surface area contributed by atoms with Gasteiger partial charge in [-0.25, -0.2) is 4.99 Å². The second-order valence-electron chi connectivity index (χ2n) is 8.19. The van der Waals surface area contributed by atoms with Crippen LogP contribution in [-0.4, -0.2) is 35.4 Å². The van der Waals surface area contributed by atoms with Gasteiger partial charge in [0.1, 0.15) is 17.4 Å². The van der Waals surface area contributed by atoms with Gasteiger partial charge in [0.2, 0.25) is 5.91 Å². The molecule has 2 aliphatic rings. The maximum Gasteiger partial charge on any atom is 0.239 e. The highest BCUT2D eigenvalue weighted by atomic mass is 32.1. The van der Waals surface area contributed by atoms with E-state index in [2.05, 4.69) is 17.1 Å². The lowest BCUT2D eigenvalue weighted by molar-refractivity contribution is -0.130. The number of amides is 1. The van der Waals surface area contributed by atoms with Gasteiger partial charge in [-0.3, -0.25) is 14.7 Å². The van der Waals surface area contributed by atoms with Gasteiger partial charge in [-0.2, -0.15) is 5.26 Å². The molecule has 32 heavy (non-hydrogen) atoms. The number of guanidine groups is 1. The number of pyridine rings is 1. The van der Waals surface area contributed by atoms with Crippen molar-refractivity contribution in [1.82, 2.24) is 9.88 Å². The zero-order valence-electron chi connectivity index (χ0n) is 17.7. The lowest BCUT2D eigenvalue weighted by Gasteiger charge is -2.40. The van der Waals surface area contributed by atoms with Crippen LogP contribution in [0.4, 0.5) is 0 Å². The molecule has 8 heteroatoms.